The Bertz CT molecular complexity index is 388. The lowest BCUT2D eigenvalue weighted by Crippen LogP contribution is -2.46. The number of hydrogen-bond acceptors (Lipinski definition) is 4. The van der Waals surface area contributed by atoms with Crippen molar-refractivity contribution in [1.29, 1.82) is 0 Å². The molecule has 0 radical (unpaired) electrons. The molecule has 2 rings (SSSR count). The van der Waals surface area contributed by atoms with Crippen LogP contribution in [0.2, 0.25) is 0 Å². The van der Waals surface area contributed by atoms with E-state index in [9.17, 15) is 4.79 Å². The van der Waals surface area contributed by atoms with E-state index in [1.165, 1.54) is 5.69 Å². The number of rotatable bonds is 6. The second-order valence-electron chi connectivity index (χ2n) is 4.96. The molecule has 1 aliphatic heterocycles. The van der Waals surface area contributed by atoms with Gasteiger partial charge in [-0.05, 0) is 31.5 Å². The van der Waals surface area contributed by atoms with Crippen molar-refractivity contribution in [3.8, 4) is 0 Å². The van der Waals surface area contributed by atoms with Gasteiger partial charge in [-0.25, -0.2) is 0 Å². The number of carbonyl (C=O) groups is 1. The molecule has 5 heteroatoms. The van der Waals surface area contributed by atoms with Crippen LogP contribution in [-0.4, -0.2) is 48.5 Å². The van der Waals surface area contributed by atoms with Gasteiger partial charge in [-0.1, -0.05) is 0 Å². The largest absolute Gasteiger partial charge is 0.370 e. The van der Waals surface area contributed by atoms with Crippen LogP contribution in [0.1, 0.15) is 19.3 Å². The Labute approximate surface area is 114 Å². The molecule has 1 saturated heterocycles. The van der Waals surface area contributed by atoms with Crippen LogP contribution in [0, 0.1) is 0 Å². The zero-order valence-electron chi connectivity index (χ0n) is 11.3. The van der Waals surface area contributed by atoms with Crippen LogP contribution in [-0.2, 0) is 4.79 Å². The van der Waals surface area contributed by atoms with Crippen LogP contribution < -0.4 is 10.6 Å². The molecule has 1 aliphatic rings. The second-order valence-corrected chi connectivity index (χ2v) is 4.96. The van der Waals surface area contributed by atoms with Gasteiger partial charge in [0.25, 0.3) is 0 Å². The van der Waals surface area contributed by atoms with Crippen molar-refractivity contribution in [3.05, 3.63) is 24.5 Å². The maximum absolute atomic E-state index is 10.6. The van der Waals surface area contributed by atoms with Crippen molar-refractivity contribution in [3.63, 3.8) is 0 Å². The van der Waals surface area contributed by atoms with E-state index in [0.717, 1.165) is 45.6 Å². The average Bonchev–Trinajstić information content (AvgIpc) is 2.45. The van der Waals surface area contributed by atoms with Crippen molar-refractivity contribution in [2.45, 2.75) is 19.3 Å². The van der Waals surface area contributed by atoms with Crippen LogP contribution in [0.25, 0.3) is 0 Å². The SMILES string of the molecule is NC(=O)CCCCN1CCN(c2ccncc2)CC1. The molecule has 2 heterocycles. The van der Waals surface area contributed by atoms with Crippen molar-refractivity contribution in [2.24, 2.45) is 5.73 Å². The van der Waals surface area contributed by atoms with E-state index < -0.39 is 0 Å². The first kappa shape index (κ1) is 13.8. The zero-order chi connectivity index (χ0) is 13.5. The molecule has 5 nitrogen and oxygen atoms in total. The minimum Gasteiger partial charge on any atom is -0.370 e. The molecule has 1 aromatic rings. The molecule has 1 amide bonds. The summed E-state index contributed by atoms with van der Waals surface area (Å²) in [6.07, 6.45) is 6.14. The number of aromatic nitrogens is 1. The summed E-state index contributed by atoms with van der Waals surface area (Å²) in [7, 11) is 0. The molecule has 104 valence electrons. The number of carbonyl (C=O) groups excluding carboxylic acids is 1. The van der Waals surface area contributed by atoms with Gasteiger partial charge in [0.15, 0.2) is 0 Å². The van der Waals surface area contributed by atoms with Crippen LogP contribution in [0.3, 0.4) is 0 Å². The highest BCUT2D eigenvalue weighted by Crippen LogP contribution is 2.14. The van der Waals surface area contributed by atoms with Crippen LogP contribution in [0.5, 0.6) is 0 Å². The van der Waals surface area contributed by atoms with Gasteiger partial charge in [-0.3, -0.25) is 14.7 Å². The number of primary amides is 1. The van der Waals surface area contributed by atoms with E-state index in [2.05, 4.69) is 26.9 Å². The zero-order valence-corrected chi connectivity index (χ0v) is 11.3. The molecule has 0 spiro atoms. The Balaban J connectivity index is 1.67. The van der Waals surface area contributed by atoms with E-state index in [4.69, 9.17) is 5.73 Å². The summed E-state index contributed by atoms with van der Waals surface area (Å²) in [6, 6.07) is 4.12. The number of nitrogens with zero attached hydrogens (tertiary/aromatic N) is 3. The molecule has 0 aromatic carbocycles. The predicted molar refractivity (Wildman–Crippen MR) is 75.9 cm³/mol. The van der Waals surface area contributed by atoms with E-state index in [1.807, 2.05) is 12.4 Å². The highest BCUT2D eigenvalue weighted by Gasteiger charge is 2.16. The topological polar surface area (TPSA) is 62.5 Å². The minimum atomic E-state index is -0.192. The van der Waals surface area contributed by atoms with Gasteiger partial charge in [0, 0.05) is 50.7 Å². The van der Waals surface area contributed by atoms with Crippen molar-refractivity contribution < 1.29 is 4.79 Å². The Hall–Kier alpha value is -1.62. The molecule has 0 saturated carbocycles. The van der Waals surface area contributed by atoms with E-state index >= 15 is 0 Å². The first-order chi connectivity index (χ1) is 9.25. The van der Waals surface area contributed by atoms with Gasteiger partial charge in [-0.15, -0.1) is 0 Å². The smallest absolute Gasteiger partial charge is 0.217 e. The number of amides is 1. The third kappa shape index (κ3) is 4.52. The average molecular weight is 262 g/mol. The monoisotopic (exact) mass is 262 g/mol. The van der Waals surface area contributed by atoms with Gasteiger partial charge in [0.05, 0.1) is 0 Å². The molecular weight excluding hydrogens is 240 g/mol. The van der Waals surface area contributed by atoms with Crippen molar-refractivity contribution in [1.82, 2.24) is 9.88 Å². The van der Waals surface area contributed by atoms with E-state index in [1.54, 1.807) is 0 Å². The third-order valence-corrected chi connectivity index (χ3v) is 3.55. The summed E-state index contributed by atoms with van der Waals surface area (Å²) in [5, 5.41) is 0. The Kier molecular flexibility index (Phi) is 5.15. The van der Waals surface area contributed by atoms with Gasteiger partial charge in [0.1, 0.15) is 0 Å². The molecule has 0 atom stereocenters. The van der Waals surface area contributed by atoms with E-state index in [0.29, 0.717) is 6.42 Å². The third-order valence-electron chi connectivity index (χ3n) is 3.55. The number of hydrogen-bond donors (Lipinski definition) is 1. The van der Waals surface area contributed by atoms with Gasteiger partial charge < -0.3 is 10.6 Å². The maximum atomic E-state index is 10.6. The summed E-state index contributed by atoms with van der Waals surface area (Å²) >= 11 is 0. The summed E-state index contributed by atoms with van der Waals surface area (Å²) < 4.78 is 0. The van der Waals surface area contributed by atoms with Gasteiger partial charge >= 0.3 is 0 Å². The number of pyridine rings is 1. The number of piperazine rings is 1. The lowest BCUT2D eigenvalue weighted by atomic mass is 10.2. The minimum absolute atomic E-state index is 0.192. The van der Waals surface area contributed by atoms with Crippen molar-refractivity contribution in [2.75, 3.05) is 37.6 Å². The van der Waals surface area contributed by atoms with Gasteiger partial charge in [-0.2, -0.15) is 0 Å². The Morgan fingerprint density at radius 2 is 1.84 bits per heavy atom. The molecule has 0 aliphatic carbocycles. The molecule has 1 aromatic heterocycles. The van der Waals surface area contributed by atoms with Crippen molar-refractivity contribution >= 4 is 11.6 Å². The molecule has 0 bridgehead atoms. The fourth-order valence-corrected chi connectivity index (χ4v) is 2.42. The summed E-state index contributed by atoms with van der Waals surface area (Å²) in [5.74, 6) is -0.192. The Morgan fingerprint density at radius 1 is 1.16 bits per heavy atom. The Morgan fingerprint density at radius 3 is 2.47 bits per heavy atom. The van der Waals surface area contributed by atoms with Crippen LogP contribution in [0.4, 0.5) is 5.69 Å². The number of unbranched alkanes of at least 4 members (excludes halogenated alkanes) is 1. The first-order valence-electron chi connectivity index (χ1n) is 6.91. The molecule has 0 unspecified atom stereocenters. The van der Waals surface area contributed by atoms with E-state index in [-0.39, 0.29) is 5.91 Å². The molecule has 1 fully saturated rings. The molecular formula is C14H22N4O. The number of nitrogens with two attached hydrogens (primary N) is 1. The molecule has 2 N–H and O–H groups in total. The maximum Gasteiger partial charge on any atom is 0.217 e. The highest BCUT2D eigenvalue weighted by atomic mass is 16.1. The molecule has 19 heavy (non-hydrogen) atoms. The lowest BCUT2D eigenvalue weighted by Gasteiger charge is -2.36. The fraction of sp³-hybridized carbons (Fsp3) is 0.571. The lowest BCUT2D eigenvalue weighted by molar-refractivity contribution is -0.118. The first-order valence-corrected chi connectivity index (χ1v) is 6.91. The van der Waals surface area contributed by atoms with Crippen LogP contribution >= 0.6 is 0 Å². The predicted octanol–water partition coefficient (Wildman–Crippen LogP) is 0.859. The standard InChI is InChI=1S/C14H22N4O/c15-14(19)3-1-2-8-17-9-11-18(12-10-17)13-4-6-16-7-5-13/h4-7H,1-3,8-12H2,(H2,15,19). The van der Waals surface area contributed by atoms with Crippen LogP contribution in [0.15, 0.2) is 24.5 Å². The normalized spacial score (nSPS) is 16.5. The fourth-order valence-electron chi connectivity index (χ4n) is 2.42. The summed E-state index contributed by atoms with van der Waals surface area (Å²) in [5.41, 5.74) is 6.38. The quantitative estimate of drug-likeness (QED) is 0.772. The number of anilines is 1. The van der Waals surface area contributed by atoms with Gasteiger partial charge in [0.2, 0.25) is 5.91 Å². The second kappa shape index (κ2) is 7.09. The highest BCUT2D eigenvalue weighted by molar-refractivity contribution is 5.73. The summed E-state index contributed by atoms with van der Waals surface area (Å²) in [6.45, 7) is 5.34. The summed E-state index contributed by atoms with van der Waals surface area (Å²) in [4.78, 5) is 19.5.